The summed E-state index contributed by atoms with van der Waals surface area (Å²) in [5.41, 5.74) is -0.451. The van der Waals surface area contributed by atoms with E-state index in [0.29, 0.717) is 38.4 Å². The summed E-state index contributed by atoms with van der Waals surface area (Å²) in [7, 11) is 0. The number of nitrogens with one attached hydrogen (secondary N) is 2. The minimum atomic E-state index is -4.40. The molecule has 2 rings (SSSR count). The Bertz CT molecular complexity index is 641. The molecular formula is C18H25F3N4O2. The first-order valence-electron chi connectivity index (χ1n) is 8.94. The van der Waals surface area contributed by atoms with Crippen LogP contribution in [0.4, 0.5) is 23.7 Å². The third-order valence-corrected chi connectivity index (χ3v) is 4.51. The first kappa shape index (κ1) is 21.0. The van der Waals surface area contributed by atoms with E-state index in [1.54, 1.807) is 4.90 Å². The Labute approximate surface area is 156 Å². The van der Waals surface area contributed by atoms with Gasteiger partial charge in [-0.1, -0.05) is 6.92 Å². The number of urea groups is 1. The second kappa shape index (κ2) is 9.07. The van der Waals surface area contributed by atoms with Crippen molar-refractivity contribution < 1.29 is 22.8 Å². The molecule has 2 N–H and O–H groups in total. The number of rotatable bonds is 5. The van der Waals surface area contributed by atoms with Crippen LogP contribution < -0.4 is 10.6 Å². The molecule has 1 atom stereocenters. The van der Waals surface area contributed by atoms with Gasteiger partial charge >= 0.3 is 12.2 Å². The fourth-order valence-electron chi connectivity index (χ4n) is 2.68. The van der Waals surface area contributed by atoms with Gasteiger partial charge in [0.05, 0.1) is 12.1 Å². The van der Waals surface area contributed by atoms with Gasteiger partial charge in [0.1, 0.15) is 0 Å². The Balaban J connectivity index is 1.78. The molecule has 27 heavy (non-hydrogen) atoms. The van der Waals surface area contributed by atoms with Crippen LogP contribution in [-0.2, 0) is 11.0 Å². The van der Waals surface area contributed by atoms with Gasteiger partial charge in [0.2, 0.25) is 5.91 Å². The SMILES string of the molecule is CCC(C)NC(=O)CN1CCN(C(=O)Nc2ccc(C(F)(F)F)cc2)CC1. The lowest BCUT2D eigenvalue weighted by Crippen LogP contribution is -2.52. The van der Waals surface area contributed by atoms with E-state index < -0.39 is 11.7 Å². The number of piperazine rings is 1. The third kappa shape index (κ3) is 6.42. The average molecular weight is 386 g/mol. The van der Waals surface area contributed by atoms with Crippen LogP contribution in [-0.4, -0.2) is 60.5 Å². The molecule has 0 spiro atoms. The fourth-order valence-corrected chi connectivity index (χ4v) is 2.68. The fraction of sp³-hybridized carbons (Fsp3) is 0.556. The Kier molecular flexibility index (Phi) is 7.06. The third-order valence-electron chi connectivity index (χ3n) is 4.51. The van der Waals surface area contributed by atoms with Crippen LogP contribution in [0.3, 0.4) is 0 Å². The van der Waals surface area contributed by atoms with Crippen molar-refractivity contribution in [2.24, 2.45) is 0 Å². The lowest BCUT2D eigenvalue weighted by molar-refractivity contribution is -0.137. The van der Waals surface area contributed by atoms with Gasteiger partial charge in [0.15, 0.2) is 0 Å². The maximum atomic E-state index is 12.6. The van der Waals surface area contributed by atoms with Crippen LogP contribution in [0.25, 0.3) is 0 Å². The Morgan fingerprint density at radius 3 is 2.22 bits per heavy atom. The van der Waals surface area contributed by atoms with Crippen LogP contribution >= 0.6 is 0 Å². The number of hydrogen-bond donors (Lipinski definition) is 2. The molecule has 1 unspecified atom stereocenters. The van der Waals surface area contributed by atoms with Gasteiger partial charge in [-0.15, -0.1) is 0 Å². The van der Waals surface area contributed by atoms with Gasteiger partial charge in [-0.05, 0) is 37.6 Å². The normalized spacial score (nSPS) is 16.7. The van der Waals surface area contributed by atoms with Gasteiger partial charge in [-0.2, -0.15) is 13.2 Å². The molecule has 3 amide bonds. The van der Waals surface area contributed by atoms with Gasteiger partial charge in [-0.3, -0.25) is 9.69 Å². The topological polar surface area (TPSA) is 64.7 Å². The van der Waals surface area contributed by atoms with Crippen molar-refractivity contribution in [1.29, 1.82) is 0 Å². The van der Waals surface area contributed by atoms with Gasteiger partial charge in [0, 0.05) is 37.9 Å². The zero-order chi connectivity index (χ0) is 20.0. The molecule has 1 aromatic carbocycles. The van der Waals surface area contributed by atoms with Crippen LogP contribution in [0.1, 0.15) is 25.8 Å². The van der Waals surface area contributed by atoms with Crippen molar-refractivity contribution in [2.45, 2.75) is 32.5 Å². The molecule has 0 radical (unpaired) electrons. The van der Waals surface area contributed by atoms with E-state index in [4.69, 9.17) is 0 Å². The van der Waals surface area contributed by atoms with Crippen molar-refractivity contribution in [3.05, 3.63) is 29.8 Å². The van der Waals surface area contributed by atoms with Crippen molar-refractivity contribution in [2.75, 3.05) is 38.0 Å². The highest BCUT2D eigenvalue weighted by atomic mass is 19.4. The first-order valence-corrected chi connectivity index (χ1v) is 8.94. The molecule has 1 aromatic rings. The van der Waals surface area contributed by atoms with Crippen LogP contribution in [0.2, 0.25) is 0 Å². The molecule has 1 aliphatic heterocycles. The minimum Gasteiger partial charge on any atom is -0.353 e. The monoisotopic (exact) mass is 386 g/mol. The number of alkyl halides is 3. The molecule has 6 nitrogen and oxygen atoms in total. The van der Waals surface area contributed by atoms with Gasteiger partial charge in [0.25, 0.3) is 0 Å². The summed E-state index contributed by atoms with van der Waals surface area (Å²) in [5, 5.41) is 5.51. The number of hydrogen-bond acceptors (Lipinski definition) is 3. The van der Waals surface area contributed by atoms with E-state index in [0.717, 1.165) is 18.6 Å². The molecule has 0 aromatic heterocycles. The summed E-state index contributed by atoms with van der Waals surface area (Å²) in [6.07, 6.45) is -3.54. The number of carbonyl (C=O) groups is 2. The highest BCUT2D eigenvalue weighted by Gasteiger charge is 2.30. The van der Waals surface area contributed by atoms with Crippen LogP contribution in [0.15, 0.2) is 24.3 Å². The standard InChI is InChI=1S/C18H25F3N4O2/c1-3-13(2)22-16(26)12-24-8-10-25(11-9-24)17(27)23-15-6-4-14(5-7-15)18(19,20)21/h4-7,13H,3,8-12H2,1-2H3,(H,22,26)(H,23,27). The van der Waals surface area contributed by atoms with Gasteiger partial charge < -0.3 is 15.5 Å². The summed E-state index contributed by atoms with van der Waals surface area (Å²) in [6.45, 7) is 6.26. The largest absolute Gasteiger partial charge is 0.416 e. The number of benzene rings is 1. The predicted octanol–water partition coefficient (Wildman–Crippen LogP) is 2.77. The minimum absolute atomic E-state index is 0.0352. The molecule has 0 bridgehead atoms. The number of carbonyl (C=O) groups excluding carboxylic acids is 2. The molecule has 150 valence electrons. The van der Waals surface area contributed by atoms with E-state index in [9.17, 15) is 22.8 Å². The summed E-state index contributed by atoms with van der Waals surface area (Å²) in [6, 6.07) is 4.10. The van der Waals surface area contributed by atoms with E-state index >= 15 is 0 Å². The second-order valence-corrected chi connectivity index (χ2v) is 6.65. The van der Waals surface area contributed by atoms with Crippen molar-refractivity contribution in [1.82, 2.24) is 15.1 Å². The summed E-state index contributed by atoms with van der Waals surface area (Å²) in [5.74, 6) is -0.0352. The van der Waals surface area contributed by atoms with Crippen LogP contribution in [0.5, 0.6) is 0 Å². The predicted molar refractivity (Wildman–Crippen MR) is 96.4 cm³/mol. The molecule has 0 saturated carbocycles. The molecular weight excluding hydrogens is 361 g/mol. The maximum Gasteiger partial charge on any atom is 0.416 e. The highest BCUT2D eigenvalue weighted by molar-refractivity contribution is 5.89. The zero-order valence-corrected chi connectivity index (χ0v) is 15.5. The van der Waals surface area contributed by atoms with Crippen molar-refractivity contribution in [3.63, 3.8) is 0 Å². The van der Waals surface area contributed by atoms with Crippen molar-refractivity contribution >= 4 is 17.6 Å². The lowest BCUT2D eigenvalue weighted by Gasteiger charge is -2.34. The van der Waals surface area contributed by atoms with Crippen LogP contribution in [0, 0.1) is 0 Å². The molecule has 0 aliphatic carbocycles. The number of anilines is 1. The second-order valence-electron chi connectivity index (χ2n) is 6.65. The smallest absolute Gasteiger partial charge is 0.353 e. The van der Waals surface area contributed by atoms with Gasteiger partial charge in [-0.25, -0.2) is 4.79 Å². The van der Waals surface area contributed by atoms with E-state index in [1.165, 1.54) is 12.1 Å². The number of halogens is 3. The Morgan fingerprint density at radius 1 is 1.11 bits per heavy atom. The maximum absolute atomic E-state index is 12.6. The number of nitrogens with zero attached hydrogens (tertiary/aromatic N) is 2. The Hall–Kier alpha value is -2.29. The zero-order valence-electron chi connectivity index (χ0n) is 15.5. The molecule has 1 fully saturated rings. The summed E-state index contributed by atoms with van der Waals surface area (Å²) in [4.78, 5) is 27.7. The van der Waals surface area contributed by atoms with Crippen molar-refractivity contribution in [3.8, 4) is 0 Å². The van der Waals surface area contributed by atoms with E-state index in [2.05, 4.69) is 10.6 Å². The number of amides is 3. The Morgan fingerprint density at radius 2 is 1.70 bits per heavy atom. The quantitative estimate of drug-likeness (QED) is 0.818. The summed E-state index contributed by atoms with van der Waals surface area (Å²) < 4.78 is 37.7. The highest BCUT2D eigenvalue weighted by Crippen LogP contribution is 2.29. The first-order chi connectivity index (χ1) is 12.7. The van der Waals surface area contributed by atoms with E-state index in [1.807, 2.05) is 18.7 Å². The molecule has 1 saturated heterocycles. The summed E-state index contributed by atoms with van der Waals surface area (Å²) >= 11 is 0. The molecule has 9 heteroatoms. The average Bonchev–Trinajstić information content (AvgIpc) is 2.61. The molecule has 1 aliphatic rings. The molecule has 1 heterocycles. The lowest BCUT2D eigenvalue weighted by atomic mass is 10.2. The van der Waals surface area contributed by atoms with E-state index in [-0.39, 0.29) is 18.0 Å².